The number of aromatic nitrogens is 1. The van der Waals surface area contributed by atoms with Crippen LogP contribution in [0, 0.1) is 5.41 Å². The number of aliphatic carboxylic acids is 1. The molecule has 1 N–H and O–H groups in total. The molecule has 0 aromatic carbocycles. The van der Waals surface area contributed by atoms with Crippen molar-refractivity contribution in [2.24, 2.45) is 5.41 Å². The third kappa shape index (κ3) is 6.65. The number of likely N-dealkylation sites (N-methyl/N-ethyl adjacent to an activating group) is 1. The summed E-state index contributed by atoms with van der Waals surface area (Å²) in [6.45, 7) is 3.59. The van der Waals surface area contributed by atoms with Crippen molar-refractivity contribution in [2.75, 3.05) is 40.3 Å². The van der Waals surface area contributed by atoms with Gasteiger partial charge in [0.25, 0.3) is 0 Å². The normalized spacial score (nSPS) is 18.5. The zero-order valence-corrected chi connectivity index (χ0v) is 17.6. The van der Waals surface area contributed by atoms with Gasteiger partial charge in [-0.1, -0.05) is 6.07 Å². The largest absolute Gasteiger partial charge is 0.490 e. The molecule has 2 fully saturated rings. The van der Waals surface area contributed by atoms with E-state index < -0.39 is 12.1 Å². The fourth-order valence-electron chi connectivity index (χ4n) is 3.67. The molecule has 3 heterocycles. The van der Waals surface area contributed by atoms with Crippen molar-refractivity contribution in [2.45, 2.75) is 32.0 Å². The Balaban J connectivity index is 0.000000423. The van der Waals surface area contributed by atoms with Crippen LogP contribution in [0.25, 0.3) is 0 Å². The van der Waals surface area contributed by atoms with E-state index >= 15 is 0 Å². The number of halogens is 3. The van der Waals surface area contributed by atoms with Gasteiger partial charge in [0.05, 0.1) is 17.7 Å². The molecule has 2 saturated heterocycles. The molecule has 2 amide bonds. The number of amides is 2. The van der Waals surface area contributed by atoms with Crippen LogP contribution in [0.5, 0.6) is 0 Å². The van der Waals surface area contributed by atoms with Crippen molar-refractivity contribution in [1.82, 2.24) is 19.7 Å². The van der Waals surface area contributed by atoms with Crippen LogP contribution in [0.3, 0.4) is 0 Å². The van der Waals surface area contributed by atoms with Crippen LogP contribution < -0.4 is 0 Å². The lowest BCUT2D eigenvalue weighted by Crippen LogP contribution is -2.46. The van der Waals surface area contributed by atoms with Gasteiger partial charge in [0.2, 0.25) is 11.8 Å². The SMILES string of the molecule is CN(C)C(=O)CN1CCC2(CCN(Cc3ccccn3)CC2)C1=O.O=C(O)C(F)(F)F. The summed E-state index contributed by atoms with van der Waals surface area (Å²) in [6, 6.07) is 5.98. The van der Waals surface area contributed by atoms with Gasteiger partial charge in [0.1, 0.15) is 0 Å². The summed E-state index contributed by atoms with van der Waals surface area (Å²) in [7, 11) is 3.46. The van der Waals surface area contributed by atoms with Gasteiger partial charge in [-0.15, -0.1) is 0 Å². The van der Waals surface area contributed by atoms with Gasteiger partial charge in [-0.05, 0) is 44.5 Å². The second-order valence-corrected chi connectivity index (χ2v) is 7.95. The molecule has 0 aliphatic carbocycles. The number of hydrogen-bond donors (Lipinski definition) is 1. The fraction of sp³-hybridized carbons (Fsp3) is 0.600. The molecule has 1 aromatic heterocycles. The number of alkyl halides is 3. The maximum absolute atomic E-state index is 12.8. The number of piperidine rings is 1. The second-order valence-electron chi connectivity index (χ2n) is 7.95. The number of carbonyl (C=O) groups excluding carboxylic acids is 2. The first-order valence-corrected chi connectivity index (χ1v) is 9.86. The van der Waals surface area contributed by atoms with Gasteiger partial charge in [0.15, 0.2) is 0 Å². The third-order valence-corrected chi connectivity index (χ3v) is 5.59. The standard InChI is InChI=1S/C18H26N4O2.C2HF3O2/c1-20(2)16(23)14-22-12-8-18(17(22)24)6-10-21(11-7-18)13-15-5-3-4-9-19-15;3-2(4,5)1(6)7/h3-5,9H,6-8,10-14H2,1-2H3;(H,6,7). The molecule has 3 rings (SSSR count). The first kappa shape index (κ1) is 24.6. The van der Waals surface area contributed by atoms with E-state index in [-0.39, 0.29) is 23.8 Å². The Hall–Kier alpha value is -2.69. The van der Waals surface area contributed by atoms with Crippen LogP contribution >= 0.6 is 0 Å². The summed E-state index contributed by atoms with van der Waals surface area (Å²) in [4.78, 5) is 43.7. The summed E-state index contributed by atoms with van der Waals surface area (Å²) in [5.41, 5.74) is 0.831. The average molecular weight is 444 g/mol. The van der Waals surface area contributed by atoms with Crippen molar-refractivity contribution in [3.8, 4) is 0 Å². The number of carboxylic acids is 1. The van der Waals surface area contributed by atoms with Crippen LogP contribution in [0.1, 0.15) is 25.0 Å². The average Bonchev–Trinajstić information content (AvgIpc) is 3.00. The Morgan fingerprint density at radius 3 is 2.23 bits per heavy atom. The second kappa shape index (κ2) is 10.1. The van der Waals surface area contributed by atoms with Gasteiger partial charge >= 0.3 is 12.1 Å². The number of likely N-dealkylation sites (tertiary alicyclic amines) is 2. The molecule has 8 nitrogen and oxygen atoms in total. The molecular formula is C20H27F3N4O4. The molecule has 0 radical (unpaired) electrons. The summed E-state index contributed by atoms with van der Waals surface area (Å²) >= 11 is 0. The van der Waals surface area contributed by atoms with Gasteiger partial charge in [0, 0.05) is 33.4 Å². The molecular weight excluding hydrogens is 417 g/mol. The molecule has 11 heteroatoms. The van der Waals surface area contributed by atoms with E-state index in [2.05, 4.69) is 9.88 Å². The summed E-state index contributed by atoms with van der Waals surface area (Å²) in [5, 5.41) is 7.12. The van der Waals surface area contributed by atoms with Gasteiger partial charge in [-0.2, -0.15) is 13.2 Å². The summed E-state index contributed by atoms with van der Waals surface area (Å²) < 4.78 is 31.7. The molecule has 1 aromatic rings. The lowest BCUT2D eigenvalue weighted by Gasteiger charge is -2.37. The molecule has 2 aliphatic rings. The number of carbonyl (C=O) groups is 3. The molecule has 31 heavy (non-hydrogen) atoms. The topological polar surface area (TPSA) is 94.1 Å². The van der Waals surface area contributed by atoms with E-state index in [1.165, 1.54) is 0 Å². The quantitative estimate of drug-likeness (QED) is 0.759. The number of nitrogens with zero attached hydrogens (tertiary/aromatic N) is 4. The van der Waals surface area contributed by atoms with Crippen molar-refractivity contribution >= 4 is 17.8 Å². The van der Waals surface area contributed by atoms with Crippen LogP contribution in [0.15, 0.2) is 24.4 Å². The molecule has 172 valence electrons. The van der Waals surface area contributed by atoms with Crippen molar-refractivity contribution in [3.63, 3.8) is 0 Å². The minimum atomic E-state index is -5.08. The molecule has 0 saturated carbocycles. The minimum absolute atomic E-state index is 0.00649. The minimum Gasteiger partial charge on any atom is -0.475 e. The van der Waals surface area contributed by atoms with E-state index in [4.69, 9.17) is 9.90 Å². The Kier molecular flexibility index (Phi) is 7.99. The van der Waals surface area contributed by atoms with Crippen molar-refractivity contribution < 1.29 is 32.7 Å². The van der Waals surface area contributed by atoms with Gasteiger partial charge in [-0.25, -0.2) is 4.79 Å². The predicted molar refractivity (Wildman–Crippen MR) is 105 cm³/mol. The number of rotatable bonds is 4. The van der Waals surface area contributed by atoms with Crippen molar-refractivity contribution in [1.29, 1.82) is 0 Å². The van der Waals surface area contributed by atoms with Gasteiger partial charge < -0.3 is 14.9 Å². The number of pyridine rings is 1. The monoisotopic (exact) mass is 444 g/mol. The zero-order valence-electron chi connectivity index (χ0n) is 17.6. The first-order chi connectivity index (χ1) is 14.4. The summed E-state index contributed by atoms with van der Waals surface area (Å²) in [6.07, 6.45) is -0.623. The molecule has 2 aliphatic heterocycles. The Labute approximate surface area is 178 Å². The van der Waals surface area contributed by atoms with E-state index in [0.717, 1.165) is 44.6 Å². The first-order valence-electron chi connectivity index (χ1n) is 9.86. The predicted octanol–water partition coefficient (Wildman–Crippen LogP) is 1.62. The highest BCUT2D eigenvalue weighted by Gasteiger charge is 2.48. The zero-order chi connectivity index (χ0) is 23.2. The lowest BCUT2D eigenvalue weighted by atomic mass is 9.77. The number of carboxylic acid groups (broad SMARTS) is 1. The lowest BCUT2D eigenvalue weighted by molar-refractivity contribution is -0.192. The Morgan fingerprint density at radius 1 is 1.16 bits per heavy atom. The highest BCUT2D eigenvalue weighted by atomic mass is 19.4. The van der Waals surface area contributed by atoms with Crippen LogP contribution in [0.2, 0.25) is 0 Å². The van der Waals surface area contributed by atoms with E-state index in [1.807, 2.05) is 24.4 Å². The number of hydrogen-bond acceptors (Lipinski definition) is 5. The highest BCUT2D eigenvalue weighted by molar-refractivity contribution is 5.89. The third-order valence-electron chi connectivity index (χ3n) is 5.59. The molecule has 1 spiro atoms. The highest BCUT2D eigenvalue weighted by Crippen LogP contribution is 2.41. The van der Waals surface area contributed by atoms with Crippen LogP contribution in [0.4, 0.5) is 13.2 Å². The Morgan fingerprint density at radius 2 is 1.74 bits per heavy atom. The fourth-order valence-corrected chi connectivity index (χ4v) is 3.67. The molecule has 0 unspecified atom stereocenters. The van der Waals surface area contributed by atoms with E-state index in [9.17, 15) is 22.8 Å². The maximum Gasteiger partial charge on any atom is 0.490 e. The molecule has 0 atom stereocenters. The Bertz CT molecular complexity index is 778. The van der Waals surface area contributed by atoms with Crippen LogP contribution in [-0.2, 0) is 20.9 Å². The van der Waals surface area contributed by atoms with Crippen LogP contribution in [-0.4, -0.2) is 89.0 Å². The van der Waals surface area contributed by atoms with Gasteiger partial charge in [-0.3, -0.25) is 19.5 Å². The maximum atomic E-state index is 12.8. The van der Waals surface area contributed by atoms with E-state index in [0.29, 0.717) is 6.54 Å². The smallest absolute Gasteiger partial charge is 0.475 e. The van der Waals surface area contributed by atoms with Crippen molar-refractivity contribution in [3.05, 3.63) is 30.1 Å². The van der Waals surface area contributed by atoms with E-state index in [1.54, 1.807) is 23.9 Å². The molecule has 0 bridgehead atoms. The summed E-state index contributed by atoms with van der Waals surface area (Å²) in [5.74, 6) is -2.59.